The number of ether oxygens (including phenoxy) is 3. The molecule has 0 aliphatic heterocycles. The van der Waals surface area contributed by atoms with Crippen LogP contribution in [-0.2, 0) is 11.2 Å². The summed E-state index contributed by atoms with van der Waals surface area (Å²) in [6, 6.07) is 5.84. The number of hydrogen-bond donors (Lipinski definition) is 1. The van der Waals surface area contributed by atoms with Crippen LogP contribution in [0.2, 0.25) is 0 Å². The number of benzene rings is 1. The lowest BCUT2D eigenvalue weighted by molar-refractivity contribution is -0.0166. The van der Waals surface area contributed by atoms with E-state index in [-0.39, 0.29) is 5.60 Å². The summed E-state index contributed by atoms with van der Waals surface area (Å²) in [6.07, 6.45) is 0.770. The van der Waals surface area contributed by atoms with Gasteiger partial charge in [0, 0.05) is 0 Å². The molecule has 108 valence electrons. The largest absolute Gasteiger partial charge is 0.493 e. The van der Waals surface area contributed by atoms with Crippen LogP contribution in [0.1, 0.15) is 26.3 Å². The van der Waals surface area contributed by atoms with Gasteiger partial charge < -0.3 is 19.9 Å². The van der Waals surface area contributed by atoms with Crippen LogP contribution in [0.4, 0.5) is 0 Å². The molecule has 0 aromatic heterocycles. The average Bonchev–Trinajstić information content (AvgIpc) is 2.35. The van der Waals surface area contributed by atoms with Gasteiger partial charge in [0.2, 0.25) is 0 Å². The number of nitrogens with two attached hydrogens (primary N) is 1. The summed E-state index contributed by atoms with van der Waals surface area (Å²) >= 11 is 0. The molecule has 1 rings (SSSR count). The number of hydrogen-bond acceptors (Lipinski definition) is 4. The van der Waals surface area contributed by atoms with Gasteiger partial charge >= 0.3 is 0 Å². The average molecular weight is 267 g/mol. The van der Waals surface area contributed by atoms with Crippen molar-refractivity contribution >= 4 is 0 Å². The van der Waals surface area contributed by atoms with Gasteiger partial charge in [0.15, 0.2) is 11.5 Å². The first-order valence-electron chi connectivity index (χ1n) is 6.60. The van der Waals surface area contributed by atoms with E-state index in [1.54, 1.807) is 7.11 Å². The first-order valence-corrected chi connectivity index (χ1v) is 6.60. The van der Waals surface area contributed by atoms with Crippen molar-refractivity contribution in [1.82, 2.24) is 0 Å². The van der Waals surface area contributed by atoms with E-state index in [1.807, 2.05) is 39.0 Å². The lowest BCUT2D eigenvalue weighted by Crippen LogP contribution is -2.22. The third-order valence-corrected chi connectivity index (χ3v) is 2.56. The Morgan fingerprint density at radius 3 is 2.47 bits per heavy atom. The number of para-hydroxylation sites is 1. The van der Waals surface area contributed by atoms with E-state index < -0.39 is 0 Å². The van der Waals surface area contributed by atoms with E-state index in [0.717, 1.165) is 23.5 Å². The summed E-state index contributed by atoms with van der Waals surface area (Å²) in [5, 5.41) is 0. The number of methoxy groups -OCH3 is 1. The molecule has 0 bridgehead atoms. The lowest BCUT2D eigenvalue weighted by Gasteiger charge is -2.20. The first kappa shape index (κ1) is 15.8. The standard InChI is InChI=1S/C15H25NO3/c1-15(2,3)19-11-10-18-14-12(8-9-16)6-5-7-13(14)17-4/h5-7H,8-11,16H2,1-4H3. The highest BCUT2D eigenvalue weighted by Crippen LogP contribution is 2.31. The first-order chi connectivity index (χ1) is 8.98. The minimum absolute atomic E-state index is 0.149. The molecule has 0 heterocycles. The van der Waals surface area contributed by atoms with Crippen molar-refractivity contribution in [3.05, 3.63) is 23.8 Å². The third-order valence-electron chi connectivity index (χ3n) is 2.56. The second-order valence-corrected chi connectivity index (χ2v) is 5.30. The van der Waals surface area contributed by atoms with Crippen LogP contribution in [0, 0.1) is 0 Å². The summed E-state index contributed by atoms with van der Waals surface area (Å²) in [6.45, 7) is 7.70. The summed E-state index contributed by atoms with van der Waals surface area (Å²) < 4.78 is 16.8. The smallest absolute Gasteiger partial charge is 0.164 e. The maximum Gasteiger partial charge on any atom is 0.164 e. The molecule has 0 unspecified atom stereocenters. The molecule has 0 atom stereocenters. The Labute approximate surface area is 115 Å². The van der Waals surface area contributed by atoms with Crippen molar-refractivity contribution in [2.24, 2.45) is 5.73 Å². The maximum atomic E-state index is 5.80. The summed E-state index contributed by atoms with van der Waals surface area (Å²) in [5.41, 5.74) is 6.53. The Kier molecular flexibility index (Phi) is 6.12. The topological polar surface area (TPSA) is 53.7 Å². The van der Waals surface area contributed by atoms with Crippen molar-refractivity contribution in [3.63, 3.8) is 0 Å². The van der Waals surface area contributed by atoms with E-state index in [4.69, 9.17) is 19.9 Å². The molecule has 0 radical (unpaired) electrons. The molecule has 0 saturated carbocycles. The fourth-order valence-corrected chi connectivity index (χ4v) is 1.73. The van der Waals surface area contributed by atoms with E-state index in [0.29, 0.717) is 19.8 Å². The molecule has 1 aromatic rings. The zero-order chi connectivity index (χ0) is 14.3. The second-order valence-electron chi connectivity index (χ2n) is 5.30. The van der Waals surface area contributed by atoms with E-state index in [2.05, 4.69) is 0 Å². The quantitative estimate of drug-likeness (QED) is 0.771. The van der Waals surface area contributed by atoms with Crippen molar-refractivity contribution < 1.29 is 14.2 Å². The van der Waals surface area contributed by atoms with Crippen molar-refractivity contribution in [1.29, 1.82) is 0 Å². The highest BCUT2D eigenvalue weighted by atomic mass is 16.5. The monoisotopic (exact) mass is 267 g/mol. The minimum atomic E-state index is -0.149. The van der Waals surface area contributed by atoms with Crippen LogP contribution < -0.4 is 15.2 Å². The number of rotatable bonds is 7. The van der Waals surface area contributed by atoms with Crippen LogP contribution in [0.3, 0.4) is 0 Å². The molecule has 4 nitrogen and oxygen atoms in total. The highest BCUT2D eigenvalue weighted by molar-refractivity contribution is 5.46. The molecule has 4 heteroatoms. The zero-order valence-electron chi connectivity index (χ0n) is 12.4. The molecule has 19 heavy (non-hydrogen) atoms. The Morgan fingerprint density at radius 1 is 1.16 bits per heavy atom. The SMILES string of the molecule is COc1cccc(CCN)c1OCCOC(C)(C)C. The minimum Gasteiger partial charge on any atom is -0.493 e. The van der Waals surface area contributed by atoms with Gasteiger partial charge in [0.25, 0.3) is 0 Å². The molecule has 0 aliphatic rings. The molecule has 2 N–H and O–H groups in total. The van der Waals surface area contributed by atoms with Gasteiger partial charge in [0.05, 0.1) is 19.3 Å². The third kappa shape index (κ3) is 5.49. The van der Waals surface area contributed by atoms with Gasteiger partial charge in [-0.15, -0.1) is 0 Å². The summed E-state index contributed by atoms with van der Waals surface area (Å²) in [7, 11) is 1.64. The Hall–Kier alpha value is -1.26. The fraction of sp³-hybridized carbons (Fsp3) is 0.600. The van der Waals surface area contributed by atoms with Crippen LogP contribution in [0.5, 0.6) is 11.5 Å². The second kappa shape index (κ2) is 7.36. The highest BCUT2D eigenvalue weighted by Gasteiger charge is 2.12. The van der Waals surface area contributed by atoms with Crippen molar-refractivity contribution in [2.75, 3.05) is 26.9 Å². The van der Waals surface area contributed by atoms with Gasteiger partial charge in [0.1, 0.15) is 6.61 Å². The van der Waals surface area contributed by atoms with Crippen LogP contribution >= 0.6 is 0 Å². The Bertz CT molecular complexity index is 385. The predicted molar refractivity (Wildman–Crippen MR) is 77.0 cm³/mol. The van der Waals surface area contributed by atoms with Crippen molar-refractivity contribution in [2.45, 2.75) is 32.8 Å². The molecule has 0 saturated heterocycles. The molecule has 0 amide bonds. The van der Waals surface area contributed by atoms with Gasteiger partial charge in [-0.05, 0) is 45.4 Å². The van der Waals surface area contributed by atoms with Gasteiger partial charge in [-0.25, -0.2) is 0 Å². The fourth-order valence-electron chi connectivity index (χ4n) is 1.73. The van der Waals surface area contributed by atoms with Gasteiger partial charge in [-0.3, -0.25) is 0 Å². The molecule has 0 spiro atoms. The van der Waals surface area contributed by atoms with E-state index in [1.165, 1.54) is 0 Å². The van der Waals surface area contributed by atoms with Crippen LogP contribution in [-0.4, -0.2) is 32.5 Å². The van der Waals surface area contributed by atoms with E-state index in [9.17, 15) is 0 Å². The van der Waals surface area contributed by atoms with Crippen molar-refractivity contribution in [3.8, 4) is 11.5 Å². The van der Waals surface area contributed by atoms with E-state index >= 15 is 0 Å². The molecular weight excluding hydrogens is 242 g/mol. The molecule has 0 fully saturated rings. The van der Waals surface area contributed by atoms with Gasteiger partial charge in [-0.2, -0.15) is 0 Å². The molecule has 0 aliphatic carbocycles. The van der Waals surface area contributed by atoms with Crippen LogP contribution in [0.15, 0.2) is 18.2 Å². The summed E-state index contributed by atoms with van der Waals surface area (Å²) in [4.78, 5) is 0. The summed E-state index contributed by atoms with van der Waals surface area (Å²) in [5.74, 6) is 1.51. The molecular formula is C15H25NO3. The zero-order valence-corrected chi connectivity index (χ0v) is 12.4. The normalized spacial score (nSPS) is 11.4. The maximum absolute atomic E-state index is 5.80. The Balaban J connectivity index is 2.64. The van der Waals surface area contributed by atoms with Gasteiger partial charge in [-0.1, -0.05) is 12.1 Å². The lowest BCUT2D eigenvalue weighted by atomic mass is 10.1. The predicted octanol–water partition coefficient (Wildman–Crippen LogP) is 2.39. The van der Waals surface area contributed by atoms with Crippen LogP contribution in [0.25, 0.3) is 0 Å². The molecule has 1 aromatic carbocycles. The Morgan fingerprint density at radius 2 is 1.89 bits per heavy atom.